The van der Waals surface area contributed by atoms with E-state index >= 15 is 0 Å². The van der Waals surface area contributed by atoms with Gasteiger partial charge in [-0.3, -0.25) is 15.7 Å². The molecule has 5 heteroatoms. The summed E-state index contributed by atoms with van der Waals surface area (Å²) in [6.45, 7) is 0. The zero-order valence-corrected chi connectivity index (χ0v) is 6.96. The van der Waals surface area contributed by atoms with E-state index in [4.69, 9.17) is 11.5 Å². The molecule has 1 fully saturated rings. The summed E-state index contributed by atoms with van der Waals surface area (Å²) in [4.78, 5) is 0. The van der Waals surface area contributed by atoms with Crippen LogP contribution >= 0.6 is 12.0 Å². The van der Waals surface area contributed by atoms with Crippen LogP contribution in [0.1, 0.15) is 0 Å². The molecule has 0 aromatic carbocycles. The molecule has 6 heavy (non-hydrogen) atoms. The molecule has 0 spiro atoms. The van der Waals surface area contributed by atoms with Gasteiger partial charge in [-0.1, -0.05) is 0 Å². The van der Waals surface area contributed by atoms with E-state index in [-0.39, 0.29) is 19.5 Å². The molecular formula is CH4N2OSZn. The summed E-state index contributed by atoms with van der Waals surface area (Å²) in [7, 11) is 0. The third-order valence-electron chi connectivity index (χ3n) is 0.276. The predicted molar refractivity (Wildman–Crippen MR) is 19.8 cm³/mol. The molecule has 0 aromatic rings. The Kier molecular flexibility index (Phi) is 2.01. The van der Waals surface area contributed by atoms with Crippen LogP contribution in [0.2, 0.25) is 0 Å². The molecular weight excluding hydrogens is 153 g/mol. The fourth-order valence-electron chi connectivity index (χ4n) is 0.0481. The van der Waals surface area contributed by atoms with Crippen LogP contribution in [0.25, 0.3) is 0 Å². The monoisotopic (exact) mass is 156 g/mol. The summed E-state index contributed by atoms with van der Waals surface area (Å²) < 4.78 is 4.37. The predicted octanol–water partition coefficient (Wildman–Crippen LogP) is -0.809. The average Bonchev–Trinajstić information content (AvgIpc) is 1.76. The van der Waals surface area contributed by atoms with Crippen molar-refractivity contribution in [3.05, 3.63) is 0 Å². The Bertz CT molecular complexity index is 51.5. The molecule has 1 rings (SSSR count). The van der Waals surface area contributed by atoms with E-state index in [0.29, 0.717) is 0 Å². The van der Waals surface area contributed by atoms with Gasteiger partial charge in [0, 0.05) is 19.5 Å². The summed E-state index contributed by atoms with van der Waals surface area (Å²) in [5.74, 6) is 0. The Morgan fingerprint density at radius 2 is 1.67 bits per heavy atom. The van der Waals surface area contributed by atoms with E-state index in [2.05, 4.69) is 4.18 Å². The first-order valence-corrected chi connectivity index (χ1v) is 1.89. The van der Waals surface area contributed by atoms with Gasteiger partial charge in [0.2, 0.25) is 0 Å². The summed E-state index contributed by atoms with van der Waals surface area (Å²) in [6, 6.07) is 0. The Morgan fingerprint density at radius 3 is 1.67 bits per heavy atom. The van der Waals surface area contributed by atoms with Gasteiger partial charge < -0.3 is 0 Å². The summed E-state index contributed by atoms with van der Waals surface area (Å²) in [6.07, 6.45) is 0. The van der Waals surface area contributed by atoms with Crippen LogP contribution in [0.3, 0.4) is 0 Å². The molecule has 0 bridgehead atoms. The second-order valence-corrected chi connectivity index (χ2v) is 1.86. The average molecular weight is 158 g/mol. The van der Waals surface area contributed by atoms with Crippen molar-refractivity contribution in [3.63, 3.8) is 0 Å². The van der Waals surface area contributed by atoms with Crippen LogP contribution in [-0.2, 0) is 23.7 Å². The number of rotatable bonds is 0. The molecule has 0 aliphatic carbocycles. The van der Waals surface area contributed by atoms with Gasteiger partial charge >= 0.3 is 0 Å². The molecule has 0 saturated carbocycles. The number of hydrogen-bond donors (Lipinski definition) is 2. The van der Waals surface area contributed by atoms with Gasteiger partial charge in [-0.25, -0.2) is 0 Å². The molecule has 0 unspecified atom stereocenters. The van der Waals surface area contributed by atoms with Crippen molar-refractivity contribution >= 4 is 12.0 Å². The maximum Gasteiger partial charge on any atom is 0.258 e. The zero-order chi connectivity index (χ0) is 3.91. The minimum Gasteiger partial charge on any atom is -0.279 e. The van der Waals surface area contributed by atoms with Crippen molar-refractivity contribution < 1.29 is 23.7 Å². The van der Waals surface area contributed by atoms with Gasteiger partial charge in [0.1, 0.15) is 0 Å². The van der Waals surface area contributed by atoms with Crippen molar-refractivity contribution in [3.8, 4) is 0 Å². The van der Waals surface area contributed by atoms with Crippen molar-refractivity contribution in [2.45, 2.75) is 5.18 Å². The maximum absolute atomic E-state index is 4.98. The number of nitrogens with two attached hydrogens (primary N) is 2. The largest absolute Gasteiger partial charge is 0.279 e. The minimum absolute atomic E-state index is 0. The van der Waals surface area contributed by atoms with Gasteiger partial charge in [-0.05, 0) is 0 Å². The second kappa shape index (κ2) is 1.76. The molecule has 0 aromatic heterocycles. The third-order valence-corrected chi connectivity index (χ3v) is 0.827. The van der Waals surface area contributed by atoms with Crippen LogP contribution < -0.4 is 11.5 Å². The van der Waals surface area contributed by atoms with Gasteiger partial charge in [-0.15, -0.1) is 0 Å². The SMILES string of the molecule is NC1(N)OS1.[Zn]. The van der Waals surface area contributed by atoms with Crippen molar-refractivity contribution in [2.24, 2.45) is 11.5 Å². The number of hydrogen-bond acceptors (Lipinski definition) is 4. The standard InChI is InChI=1S/CH4N2OS.Zn/c2-1(3)4-5-1;/h2-3H2;. The molecule has 1 saturated heterocycles. The fraction of sp³-hybridized carbons (Fsp3) is 1.00. The Labute approximate surface area is 52.7 Å². The Hall–Kier alpha value is 0.853. The topological polar surface area (TPSA) is 64.6 Å². The first-order chi connectivity index (χ1) is 2.21. The quantitative estimate of drug-likeness (QED) is 0.209. The third kappa shape index (κ3) is 2.10. The van der Waals surface area contributed by atoms with Gasteiger partial charge in [0.05, 0.1) is 12.0 Å². The Morgan fingerprint density at radius 1 is 1.50 bits per heavy atom. The smallest absolute Gasteiger partial charge is 0.258 e. The summed E-state index contributed by atoms with van der Waals surface area (Å²) in [5, 5.41) is -0.833. The molecule has 1 aliphatic rings. The first kappa shape index (κ1) is 6.85. The molecule has 0 atom stereocenters. The molecule has 0 radical (unpaired) electrons. The van der Waals surface area contributed by atoms with Gasteiger partial charge in [-0.2, -0.15) is 0 Å². The Balaban J connectivity index is 0.000000250. The first-order valence-electron chi connectivity index (χ1n) is 1.15. The van der Waals surface area contributed by atoms with E-state index in [9.17, 15) is 0 Å². The van der Waals surface area contributed by atoms with E-state index < -0.39 is 5.18 Å². The van der Waals surface area contributed by atoms with Crippen LogP contribution in [0.15, 0.2) is 0 Å². The van der Waals surface area contributed by atoms with Crippen LogP contribution in [0.4, 0.5) is 0 Å². The van der Waals surface area contributed by atoms with E-state index in [1.165, 1.54) is 0 Å². The van der Waals surface area contributed by atoms with Gasteiger partial charge in [0.25, 0.3) is 5.18 Å². The van der Waals surface area contributed by atoms with Crippen molar-refractivity contribution in [1.29, 1.82) is 0 Å². The van der Waals surface area contributed by atoms with Crippen LogP contribution in [-0.4, -0.2) is 5.18 Å². The van der Waals surface area contributed by atoms with Crippen molar-refractivity contribution in [1.82, 2.24) is 0 Å². The molecule has 4 N–H and O–H groups in total. The fourth-order valence-corrected chi connectivity index (χ4v) is 0.144. The zero-order valence-electron chi connectivity index (χ0n) is 3.18. The van der Waals surface area contributed by atoms with Crippen molar-refractivity contribution in [2.75, 3.05) is 0 Å². The molecule has 0 amide bonds. The molecule has 1 aliphatic heterocycles. The normalized spacial score (nSPS) is 25.0. The molecule has 1 heterocycles. The maximum atomic E-state index is 4.98. The molecule has 3 nitrogen and oxygen atoms in total. The van der Waals surface area contributed by atoms with Gasteiger partial charge in [0.15, 0.2) is 0 Å². The summed E-state index contributed by atoms with van der Waals surface area (Å²) in [5.41, 5.74) is 9.97. The second-order valence-electron chi connectivity index (χ2n) is 0.888. The van der Waals surface area contributed by atoms with E-state index in [0.717, 1.165) is 12.0 Å². The van der Waals surface area contributed by atoms with Crippen LogP contribution in [0, 0.1) is 0 Å². The van der Waals surface area contributed by atoms with E-state index in [1.54, 1.807) is 0 Å². The molecule has 32 valence electrons. The van der Waals surface area contributed by atoms with E-state index in [1.807, 2.05) is 0 Å². The summed E-state index contributed by atoms with van der Waals surface area (Å²) >= 11 is 1.08. The van der Waals surface area contributed by atoms with Crippen LogP contribution in [0.5, 0.6) is 0 Å². The minimum atomic E-state index is -0.833.